The van der Waals surface area contributed by atoms with Gasteiger partial charge in [0.15, 0.2) is 5.82 Å². The first-order valence-electron chi connectivity index (χ1n) is 7.00. The fraction of sp³-hybridized carbons (Fsp3) is 0.125. The molecule has 3 rings (SSSR count). The van der Waals surface area contributed by atoms with Crippen molar-refractivity contribution in [2.24, 2.45) is 0 Å². The van der Waals surface area contributed by atoms with Gasteiger partial charge in [-0.15, -0.1) is 10.2 Å². The highest BCUT2D eigenvalue weighted by atomic mass is 35.5. The maximum absolute atomic E-state index is 6.21. The van der Waals surface area contributed by atoms with Gasteiger partial charge in [-0.3, -0.25) is 0 Å². The van der Waals surface area contributed by atoms with Gasteiger partial charge in [0.25, 0.3) is 0 Å². The Kier molecular flexibility index (Phi) is 5.18. The minimum absolute atomic E-state index is 0.480. The van der Waals surface area contributed by atoms with Gasteiger partial charge in [0.2, 0.25) is 5.16 Å². The molecule has 0 bridgehead atoms. The first-order chi connectivity index (χ1) is 11.6. The average Bonchev–Trinajstić information content (AvgIpc) is 2.94. The maximum Gasteiger partial charge on any atom is 0.210 e. The highest BCUT2D eigenvalue weighted by Gasteiger charge is 2.15. The Morgan fingerprint density at radius 3 is 2.54 bits per heavy atom. The number of methoxy groups -OCH3 is 1. The number of ether oxygens (including phenoxy) is 1. The van der Waals surface area contributed by atoms with Crippen LogP contribution in [-0.2, 0) is 5.75 Å². The lowest BCUT2D eigenvalue weighted by Crippen LogP contribution is -2.11. The Bertz CT molecular complexity index is 852. The average molecular weight is 381 g/mol. The van der Waals surface area contributed by atoms with Crippen molar-refractivity contribution in [2.45, 2.75) is 10.9 Å². The number of nitrogen functional groups attached to an aromatic ring is 1. The van der Waals surface area contributed by atoms with Crippen molar-refractivity contribution in [2.75, 3.05) is 13.0 Å². The molecular formula is C16H14Cl2N4OS. The molecule has 8 heteroatoms. The van der Waals surface area contributed by atoms with Gasteiger partial charge in [0, 0.05) is 16.3 Å². The molecule has 0 unspecified atom stereocenters. The molecule has 0 aliphatic heterocycles. The largest absolute Gasteiger partial charge is 0.497 e. The summed E-state index contributed by atoms with van der Waals surface area (Å²) in [5.74, 6) is 8.15. The van der Waals surface area contributed by atoms with E-state index < -0.39 is 0 Å². The number of rotatable bonds is 5. The summed E-state index contributed by atoms with van der Waals surface area (Å²) in [6.45, 7) is 0. The topological polar surface area (TPSA) is 66.0 Å². The molecule has 0 fully saturated rings. The van der Waals surface area contributed by atoms with Crippen molar-refractivity contribution in [3.63, 3.8) is 0 Å². The molecule has 0 atom stereocenters. The number of thioether (sulfide) groups is 1. The third-order valence-electron chi connectivity index (χ3n) is 3.36. The normalized spacial score (nSPS) is 10.8. The summed E-state index contributed by atoms with van der Waals surface area (Å²) in [4.78, 5) is 0. The molecule has 0 amide bonds. The first kappa shape index (κ1) is 17.0. The zero-order valence-electron chi connectivity index (χ0n) is 12.7. The van der Waals surface area contributed by atoms with Crippen LogP contribution in [0.5, 0.6) is 5.75 Å². The Labute approximate surface area is 153 Å². The Hall–Kier alpha value is -1.89. The molecule has 124 valence electrons. The van der Waals surface area contributed by atoms with Crippen LogP contribution in [0.2, 0.25) is 10.0 Å². The maximum atomic E-state index is 6.21. The molecule has 0 spiro atoms. The Balaban J connectivity index is 1.77. The predicted octanol–water partition coefficient (Wildman–Crippen LogP) is 4.27. The number of hydrogen-bond donors (Lipinski definition) is 1. The molecule has 1 heterocycles. The lowest BCUT2D eigenvalue weighted by Gasteiger charge is -2.06. The Morgan fingerprint density at radius 1 is 1.12 bits per heavy atom. The second-order valence-corrected chi connectivity index (χ2v) is 6.72. The van der Waals surface area contributed by atoms with Crippen LogP contribution in [0.1, 0.15) is 5.56 Å². The zero-order chi connectivity index (χ0) is 17.1. The van der Waals surface area contributed by atoms with Gasteiger partial charge in [-0.2, -0.15) is 0 Å². The van der Waals surface area contributed by atoms with Crippen molar-refractivity contribution >= 4 is 35.0 Å². The molecule has 0 saturated heterocycles. The van der Waals surface area contributed by atoms with Gasteiger partial charge >= 0.3 is 0 Å². The second kappa shape index (κ2) is 7.34. The highest BCUT2D eigenvalue weighted by molar-refractivity contribution is 7.98. The standard InChI is InChI=1S/C16H14Cl2N4OS/c1-23-12-5-2-10(3-6-12)9-24-16-21-20-15(22(16)19)13-7-4-11(17)8-14(13)18/h2-8H,9,19H2,1H3. The summed E-state index contributed by atoms with van der Waals surface area (Å²) in [5, 5.41) is 9.91. The van der Waals surface area contributed by atoms with Crippen LogP contribution in [0.4, 0.5) is 0 Å². The van der Waals surface area contributed by atoms with E-state index in [1.807, 2.05) is 24.3 Å². The molecule has 2 N–H and O–H groups in total. The fourth-order valence-electron chi connectivity index (χ4n) is 2.10. The minimum atomic E-state index is 0.480. The van der Waals surface area contributed by atoms with Gasteiger partial charge in [0.1, 0.15) is 5.75 Å². The van der Waals surface area contributed by atoms with E-state index in [0.29, 0.717) is 32.3 Å². The van der Waals surface area contributed by atoms with Gasteiger partial charge in [-0.25, -0.2) is 4.68 Å². The van der Waals surface area contributed by atoms with E-state index in [2.05, 4.69) is 10.2 Å². The van der Waals surface area contributed by atoms with Crippen LogP contribution >= 0.6 is 35.0 Å². The van der Waals surface area contributed by atoms with Gasteiger partial charge in [0.05, 0.1) is 12.1 Å². The molecule has 3 aromatic rings. The lowest BCUT2D eigenvalue weighted by molar-refractivity contribution is 0.414. The minimum Gasteiger partial charge on any atom is -0.497 e. The number of nitrogens with zero attached hydrogens (tertiary/aromatic N) is 3. The summed E-state index contributed by atoms with van der Waals surface area (Å²) < 4.78 is 6.58. The number of halogens is 2. The van der Waals surface area contributed by atoms with E-state index in [4.69, 9.17) is 33.8 Å². The second-order valence-electron chi connectivity index (χ2n) is 4.94. The zero-order valence-corrected chi connectivity index (χ0v) is 15.1. The molecular weight excluding hydrogens is 367 g/mol. The molecule has 0 aliphatic rings. The molecule has 0 radical (unpaired) electrons. The van der Waals surface area contributed by atoms with Gasteiger partial charge < -0.3 is 10.6 Å². The van der Waals surface area contributed by atoms with E-state index in [1.54, 1.807) is 25.3 Å². The van der Waals surface area contributed by atoms with Crippen LogP contribution < -0.4 is 10.6 Å². The molecule has 2 aromatic carbocycles. The van der Waals surface area contributed by atoms with E-state index >= 15 is 0 Å². The van der Waals surface area contributed by atoms with Crippen LogP contribution in [0.15, 0.2) is 47.6 Å². The van der Waals surface area contributed by atoms with Crippen molar-refractivity contribution in [1.29, 1.82) is 0 Å². The Morgan fingerprint density at radius 2 is 1.88 bits per heavy atom. The van der Waals surface area contributed by atoms with Crippen molar-refractivity contribution in [3.05, 3.63) is 58.1 Å². The monoisotopic (exact) mass is 380 g/mol. The third kappa shape index (κ3) is 3.61. The van der Waals surface area contributed by atoms with Crippen LogP contribution in [0.25, 0.3) is 11.4 Å². The molecule has 24 heavy (non-hydrogen) atoms. The van der Waals surface area contributed by atoms with E-state index in [-0.39, 0.29) is 0 Å². The van der Waals surface area contributed by atoms with Crippen LogP contribution in [0, 0.1) is 0 Å². The lowest BCUT2D eigenvalue weighted by atomic mass is 10.2. The van der Waals surface area contributed by atoms with E-state index in [1.165, 1.54) is 16.4 Å². The smallest absolute Gasteiger partial charge is 0.210 e. The first-order valence-corrected chi connectivity index (χ1v) is 8.74. The highest BCUT2D eigenvalue weighted by Crippen LogP contribution is 2.31. The molecule has 5 nitrogen and oxygen atoms in total. The predicted molar refractivity (Wildman–Crippen MR) is 98.2 cm³/mol. The number of nitrogens with two attached hydrogens (primary N) is 1. The summed E-state index contributed by atoms with van der Waals surface area (Å²) in [6, 6.07) is 13.0. The summed E-state index contributed by atoms with van der Waals surface area (Å²) >= 11 is 13.6. The van der Waals surface area contributed by atoms with Crippen molar-refractivity contribution in [1.82, 2.24) is 14.9 Å². The van der Waals surface area contributed by atoms with Crippen LogP contribution in [-0.4, -0.2) is 22.0 Å². The van der Waals surface area contributed by atoms with Crippen molar-refractivity contribution < 1.29 is 4.74 Å². The number of benzene rings is 2. The van der Waals surface area contributed by atoms with Gasteiger partial charge in [-0.1, -0.05) is 47.1 Å². The quantitative estimate of drug-likeness (QED) is 0.528. The third-order valence-corrected chi connectivity index (χ3v) is 4.93. The van der Waals surface area contributed by atoms with E-state index in [0.717, 1.165) is 11.3 Å². The summed E-state index contributed by atoms with van der Waals surface area (Å²) in [5.41, 5.74) is 1.82. The summed E-state index contributed by atoms with van der Waals surface area (Å²) in [7, 11) is 1.64. The fourth-order valence-corrected chi connectivity index (χ4v) is 3.40. The van der Waals surface area contributed by atoms with Crippen LogP contribution in [0.3, 0.4) is 0 Å². The van der Waals surface area contributed by atoms with Crippen molar-refractivity contribution in [3.8, 4) is 17.1 Å². The number of hydrogen-bond acceptors (Lipinski definition) is 5. The molecule has 1 aromatic heterocycles. The van der Waals surface area contributed by atoms with Gasteiger partial charge in [-0.05, 0) is 35.9 Å². The molecule has 0 saturated carbocycles. The summed E-state index contributed by atoms with van der Waals surface area (Å²) in [6.07, 6.45) is 0. The number of aromatic nitrogens is 3. The van der Waals surface area contributed by atoms with E-state index in [9.17, 15) is 0 Å². The molecule has 0 aliphatic carbocycles. The SMILES string of the molecule is COc1ccc(CSc2nnc(-c3ccc(Cl)cc3Cl)n2N)cc1.